The van der Waals surface area contributed by atoms with E-state index in [0.29, 0.717) is 6.54 Å². The second-order valence-corrected chi connectivity index (χ2v) is 4.04. The highest BCUT2D eigenvalue weighted by atomic mass is 16.2. The van der Waals surface area contributed by atoms with Crippen molar-refractivity contribution < 1.29 is 4.79 Å². The lowest BCUT2D eigenvalue weighted by molar-refractivity contribution is -0.122. The Bertz CT molecular complexity index is 334. The number of amides is 1. The van der Waals surface area contributed by atoms with Crippen LogP contribution >= 0.6 is 0 Å². The normalized spacial score (nSPS) is 10.8. The summed E-state index contributed by atoms with van der Waals surface area (Å²) in [5.74, 6) is 0.0771. The third-order valence-electron chi connectivity index (χ3n) is 2.20. The van der Waals surface area contributed by atoms with Crippen LogP contribution < -0.4 is 5.32 Å². The molecule has 5 nitrogen and oxygen atoms in total. The van der Waals surface area contributed by atoms with Crippen LogP contribution in [0.5, 0.6) is 0 Å². The Labute approximate surface area is 96.4 Å². The van der Waals surface area contributed by atoms with Gasteiger partial charge in [0.1, 0.15) is 0 Å². The molecule has 16 heavy (non-hydrogen) atoms. The fraction of sp³-hybridized carbons (Fsp3) is 0.636. The van der Waals surface area contributed by atoms with Gasteiger partial charge in [0.15, 0.2) is 0 Å². The first-order chi connectivity index (χ1) is 7.61. The van der Waals surface area contributed by atoms with Crippen LogP contribution in [0.1, 0.15) is 18.9 Å². The fourth-order valence-electron chi connectivity index (χ4n) is 1.49. The molecule has 0 aliphatic carbocycles. The van der Waals surface area contributed by atoms with E-state index in [1.165, 1.54) is 0 Å². The lowest BCUT2D eigenvalue weighted by Gasteiger charge is -2.14. The minimum Gasteiger partial charge on any atom is -0.355 e. The van der Waals surface area contributed by atoms with Crippen molar-refractivity contribution in [1.29, 1.82) is 0 Å². The summed E-state index contributed by atoms with van der Waals surface area (Å²) in [5, 5.41) is 6.94. The van der Waals surface area contributed by atoms with Crippen molar-refractivity contribution in [1.82, 2.24) is 20.0 Å². The number of hydrogen-bond donors (Lipinski definition) is 1. The minimum atomic E-state index is 0.0771. The van der Waals surface area contributed by atoms with Crippen LogP contribution in [0.2, 0.25) is 0 Å². The maximum Gasteiger partial charge on any atom is 0.234 e. The molecule has 1 N–H and O–H groups in total. The van der Waals surface area contributed by atoms with Gasteiger partial charge in [-0.3, -0.25) is 14.4 Å². The predicted molar refractivity (Wildman–Crippen MR) is 62.8 cm³/mol. The lowest BCUT2D eigenvalue weighted by atomic mass is 10.3. The molecule has 5 heteroatoms. The van der Waals surface area contributed by atoms with E-state index in [2.05, 4.69) is 10.4 Å². The average Bonchev–Trinajstić information content (AvgIpc) is 2.60. The zero-order valence-corrected chi connectivity index (χ0v) is 10.2. The highest BCUT2D eigenvalue weighted by Gasteiger charge is 2.07. The van der Waals surface area contributed by atoms with E-state index < -0.39 is 0 Å². The number of carbonyl (C=O) groups is 1. The standard InChI is InChI=1S/C11H20N4O/c1-4-5-12-11(16)9-14(2)7-10-6-13-15(3)8-10/h6,8H,4-5,7,9H2,1-3H3,(H,12,16). The number of nitrogens with one attached hydrogen (secondary N) is 1. The van der Waals surface area contributed by atoms with E-state index in [1.54, 1.807) is 4.68 Å². The van der Waals surface area contributed by atoms with Crippen LogP contribution in [-0.2, 0) is 18.4 Å². The van der Waals surface area contributed by atoms with Crippen LogP contribution in [0.25, 0.3) is 0 Å². The van der Waals surface area contributed by atoms with Crippen LogP contribution in [0.15, 0.2) is 12.4 Å². The topological polar surface area (TPSA) is 50.2 Å². The molecule has 0 bridgehead atoms. The molecule has 0 aromatic carbocycles. The summed E-state index contributed by atoms with van der Waals surface area (Å²) in [7, 11) is 3.82. The Morgan fingerprint density at radius 1 is 1.62 bits per heavy atom. The Morgan fingerprint density at radius 2 is 2.38 bits per heavy atom. The SMILES string of the molecule is CCCNC(=O)CN(C)Cc1cnn(C)c1. The van der Waals surface area contributed by atoms with Gasteiger partial charge in [-0.15, -0.1) is 0 Å². The van der Waals surface area contributed by atoms with Gasteiger partial charge in [-0.2, -0.15) is 5.10 Å². The molecule has 0 aliphatic heterocycles. The zero-order chi connectivity index (χ0) is 12.0. The van der Waals surface area contributed by atoms with Gasteiger partial charge in [-0.05, 0) is 13.5 Å². The lowest BCUT2D eigenvalue weighted by Crippen LogP contribution is -2.35. The summed E-state index contributed by atoms with van der Waals surface area (Å²) in [4.78, 5) is 13.4. The van der Waals surface area contributed by atoms with Gasteiger partial charge in [0, 0.05) is 31.9 Å². The Morgan fingerprint density at radius 3 is 2.94 bits per heavy atom. The molecule has 0 unspecified atom stereocenters. The number of aryl methyl sites for hydroxylation is 1. The molecular weight excluding hydrogens is 204 g/mol. The maximum absolute atomic E-state index is 11.4. The van der Waals surface area contributed by atoms with Crippen LogP contribution in [0.3, 0.4) is 0 Å². The second kappa shape index (κ2) is 6.27. The quantitative estimate of drug-likeness (QED) is 0.760. The first-order valence-corrected chi connectivity index (χ1v) is 5.54. The van der Waals surface area contributed by atoms with E-state index in [-0.39, 0.29) is 5.91 Å². The molecule has 0 saturated heterocycles. The third-order valence-corrected chi connectivity index (χ3v) is 2.20. The number of hydrogen-bond acceptors (Lipinski definition) is 3. The molecular formula is C11H20N4O. The molecule has 0 atom stereocenters. The van der Waals surface area contributed by atoms with Crippen molar-refractivity contribution in [2.24, 2.45) is 7.05 Å². The van der Waals surface area contributed by atoms with Gasteiger partial charge in [0.05, 0.1) is 12.7 Å². The van der Waals surface area contributed by atoms with Crippen molar-refractivity contribution in [2.75, 3.05) is 20.1 Å². The van der Waals surface area contributed by atoms with Gasteiger partial charge in [-0.25, -0.2) is 0 Å². The second-order valence-electron chi connectivity index (χ2n) is 4.04. The molecule has 0 fully saturated rings. The summed E-state index contributed by atoms with van der Waals surface area (Å²) in [6, 6.07) is 0. The summed E-state index contributed by atoms with van der Waals surface area (Å²) in [5.41, 5.74) is 1.12. The van der Waals surface area contributed by atoms with E-state index in [0.717, 1.165) is 25.1 Å². The molecule has 90 valence electrons. The summed E-state index contributed by atoms with van der Waals surface area (Å²) in [6.07, 6.45) is 4.75. The highest BCUT2D eigenvalue weighted by Crippen LogP contribution is 2.00. The third kappa shape index (κ3) is 4.44. The van der Waals surface area contributed by atoms with Crippen LogP contribution in [0.4, 0.5) is 0 Å². The summed E-state index contributed by atoms with van der Waals surface area (Å²) < 4.78 is 1.76. The number of carbonyl (C=O) groups excluding carboxylic acids is 1. The van der Waals surface area contributed by atoms with Crippen LogP contribution in [0, 0.1) is 0 Å². The van der Waals surface area contributed by atoms with Crippen LogP contribution in [-0.4, -0.2) is 40.7 Å². The van der Waals surface area contributed by atoms with E-state index in [1.807, 2.05) is 38.3 Å². The molecule has 1 heterocycles. The first-order valence-electron chi connectivity index (χ1n) is 5.54. The predicted octanol–water partition coefficient (Wildman–Crippen LogP) is 0.378. The zero-order valence-electron chi connectivity index (χ0n) is 10.2. The molecule has 0 radical (unpaired) electrons. The average molecular weight is 224 g/mol. The molecule has 1 rings (SSSR count). The maximum atomic E-state index is 11.4. The first kappa shape index (κ1) is 12.7. The molecule has 0 saturated carbocycles. The van der Waals surface area contributed by atoms with Gasteiger partial charge in [-0.1, -0.05) is 6.92 Å². The van der Waals surface area contributed by atoms with E-state index in [4.69, 9.17) is 0 Å². The Kier molecular flexibility index (Phi) is 4.98. The number of rotatable bonds is 6. The molecule has 1 aromatic heterocycles. The highest BCUT2D eigenvalue weighted by molar-refractivity contribution is 5.77. The van der Waals surface area contributed by atoms with Crippen molar-refractivity contribution in [3.8, 4) is 0 Å². The molecule has 0 spiro atoms. The monoisotopic (exact) mass is 224 g/mol. The Balaban J connectivity index is 2.30. The van der Waals surface area contributed by atoms with Gasteiger partial charge in [0.2, 0.25) is 5.91 Å². The minimum absolute atomic E-state index is 0.0771. The molecule has 1 aromatic rings. The number of nitrogens with zero attached hydrogens (tertiary/aromatic N) is 3. The number of likely N-dealkylation sites (N-methyl/N-ethyl adjacent to an activating group) is 1. The van der Waals surface area contributed by atoms with Crippen molar-refractivity contribution >= 4 is 5.91 Å². The van der Waals surface area contributed by atoms with Crippen molar-refractivity contribution in [2.45, 2.75) is 19.9 Å². The largest absolute Gasteiger partial charge is 0.355 e. The fourth-order valence-corrected chi connectivity index (χ4v) is 1.49. The van der Waals surface area contributed by atoms with Gasteiger partial charge in [0.25, 0.3) is 0 Å². The van der Waals surface area contributed by atoms with E-state index >= 15 is 0 Å². The van der Waals surface area contributed by atoms with Crippen molar-refractivity contribution in [3.63, 3.8) is 0 Å². The molecule has 0 aliphatic rings. The smallest absolute Gasteiger partial charge is 0.234 e. The van der Waals surface area contributed by atoms with Crippen molar-refractivity contribution in [3.05, 3.63) is 18.0 Å². The summed E-state index contributed by atoms with van der Waals surface area (Å²) >= 11 is 0. The molecule has 1 amide bonds. The summed E-state index contributed by atoms with van der Waals surface area (Å²) in [6.45, 7) is 3.96. The number of aromatic nitrogens is 2. The van der Waals surface area contributed by atoms with Gasteiger partial charge >= 0.3 is 0 Å². The Hall–Kier alpha value is -1.36. The van der Waals surface area contributed by atoms with Gasteiger partial charge < -0.3 is 5.32 Å². The van der Waals surface area contributed by atoms with E-state index in [9.17, 15) is 4.79 Å².